The van der Waals surface area contributed by atoms with Crippen LogP contribution in [0.25, 0.3) is 0 Å². The number of hydrogen-bond donors (Lipinski definition) is 3. The van der Waals surface area contributed by atoms with E-state index in [-0.39, 0.29) is 18.5 Å². The molecule has 0 radical (unpaired) electrons. The van der Waals surface area contributed by atoms with Crippen LogP contribution in [-0.4, -0.2) is 47.4 Å². The number of hydrogen-bond acceptors (Lipinski definition) is 5. The summed E-state index contributed by atoms with van der Waals surface area (Å²) in [5.74, 6) is -0.0131. The molecule has 0 bridgehead atoms. The highest BCUT2D eigenvalue weighted by Gasteiger charge is 2.20. The van der Waals surface area contributed by atoms with Crippen molar-refractivity contribution in [2.45, 2.75) is 424 Å². The van der Waals surface area contributed by atoms with Crippen LogP contribution in [0.15, 0.2) is 12.2 Å². The summed E-state index contributed by atoms with van der Waals surface area (Å²) in [5, 5.41) is 23.4. The first-order valence-electron chi connectivity index (χ1n) is 35.9. The predicted octanol–water partition coefficient (Wildman–Crippen LogP) is 23.1. The molecule has 0 aliphatic heterocycles. The molecule has 0 aromatic heterocycles. The van der Waals surface area contributed by atoms with E-state index in [9.17, 15) is 19.8 Å². The summed E-state index contributed by atoms with van der Waals surface area (Å²) in [7, 11) is 0. The molecule has 0 aliphatic carbocycles. The molecule has 6 nitrogen and oxygen atoms in total. The largest absolute Gasteiger partial charge is 0.466 e. The Hall–Kier alpha value is -1.40. The summed E-state index contributed by atoms with van der Waals surface area (Å²) in [6.45, 7) is 5.00. The van der Waals surface area contributed by atoms with Gasteiger partial charge in [0.1, 0.15) is 0 Å². The van der Waals surface area contributed by atoms with E-state index in [0.717, 1.165) is 38.5 Å². The lowest BCUT2D eigenvalue weighted by atomic mass is 10.0. The lowest BCUT2D eigenvalue weighted by molar-refractivity contribution is -0.143. The van der Waals surface area contributed by atoms with Crippen LogP contribution in [0.3, 0.4) is 0 Å². The Morgan fingerprint density at radius 3 is 0.910 bits per heavy atom. The number of aliphatic hydroxyl groups is 2. The molecule has 0 heterocycles. The van der Waals surface area contributed by atoms with Gasteiger partial charge in [0.25, 0.3) is 0 Å². The summed E-state index contributed by atoms with van der Waals surface area (Å²) >= 11 is 0. The number of allylic oxidation sites excluding steroid dienone is 2. The fourth-order valence-electron chi connectivity index (χ4n) is 11.6. The fourth-order valence-corrected chi connectivity index (χ4v) is 11.6. The molecular weight excluding hydrogens is 959 g/mol. The van der Waals surface area contributed by atoms with Gasteiger partial charge in [0.15, 0.2) is 0 Å². The highest BCUT2D eigenvalue weighted by molar-refractivity contribution is 5.76. The van der Waals surface area contributed by atoms with Crippen LogP contribution in [-0.2, 0) is 14.3 Å². The average molecular weight is 1100 g/mol. The Kier molecular flexibility index (Phi) is 66.9. The van der Waals surface area contributed by atoms with Crippen molar-refractivity contribution in [1.29, 1.82) is 0 Å². The monoisotopic (exact) mass is 1100 g/mol. The zero-order valence-electron chi connectivity index (χ0n) is 53.2. The summed E-state index contributed by atoms with van der Waals surface area (Å²) < 4.78 is 5.49. The maximum atomic E-state index is 12.5. The van der Waals surface area contributed by atoms with Gasteiger partial charge in [0.2, 0.25) is 5.91 Å². The maximum Gasteiger partial charge on any atom is 0.305 e. The minimum Gasteiger partial charge on any atom is -0.466 e. The molecule has 464 valence electrons. The van der Waals surface area contributed by atoms with Gasteiger partial charge in [-0.3, -0.25) is 9.59 Å². The van der Waals surface area contributed by atoms with E-state index in [2.05, 4.69) is 31.3 Å². The van der Waals surface area contributed by atoms with E-state index >= 15 is 0 Å². The van der Waals surface area contributed by atoms with E-state index in [1.807, 2.05) is 0 Å². The number of rotatable bonds is 68. The van der Waals surface area contributed by atoms with Gasteiger partial charge in [-0.25, -0.2) is 0 Å². The normalized spacial score (nSPS) is 12.5. The molecule has 0 rings (SSSR count). The molecule has 6 heteroatoms. The van der Waals surface area contributed by atoms with Gasteiger partial charge in [-0.05, 0) is 51.4 Å². The molecule has 1 amide bonds. The third-order valence-electron chi connectivity index (χ3n) is 17.1. The first kappa shape index (κ1) is 76.6. The van der Waals surface area contributed by atoms with Crippen molar-refractivity contribution in [1.82, 2.24) is 5.32 Å². The van der Waals surface area contributed by atoms with Gasteiger partial charge in [0.05, 0.1) is 25.4 Å². The first-order valence-corrected chi connectivity index (χ1v) is 35.9. The van der Waals surface area contributed by atoms with Gasteiger partial charge < -0.3 is 20.3 Å². The molecule has 2 unspecified atom stereocenters. The molecule has 3 N–H and O–H groups in total. The van der Waals surface area contributed by atoms with E-state index < -0.39 is 12.1 Å². The summed E-state index contributed by atoms with van der Waals surface area (Å²) in [5.41, 5.74) is 0. The summed E-state index contributed by atoms with van der Waals surface area (Å²) in [4.78, 5) is 24.6. The predicted molar refractivity (Wildman–Crippen MR) is 343 cm³/mol. The Labute approximate surface area is 489 Å². The van der Waals surface area contributed by atoms with E-state index in [0.29, 0.717) is 25.9 Å². The van der Waals surface area contributed by atoms with E-state index in [1.165, 1.54) is 340 Å². The number of aliphatic hydroxyl groups excluding tert-OH is 2. The van der Waals surface area contributed by atoms with E-state index in [4.69, 9.17) is 4.74 Å². The van der Waals surface area contributed by atoms with Crippen molar-refractivity contribution in [3.8, 4) is 0 Å². The third kappa shape index (κ3) is 63.8. The number of carbonyl (C=O) groups is 2. The van der Waals surface area contributed by atoms with Gasteiger partial charge in [-0.2, -0.15) is 0 Å². The van der Waals surface area contributed by atoms with Crippen molar-refractivity contribution in [3.63, 3.8) is 0 Å². The van der Waals surface area contributed by atoms with Crippen LogP contribution in [0.5, 0.6) is 0 Å². The minimum atomic E-state index is -0.665. The Morgan fingerprint density at radius 2 is 0.603 bits per heavy atom. The first-order chi connectivity index (χ1) is 38.5. The Bertz CT molecular complexity index is 1180. The number of unbranched alkanes of at least 4 members (excludes halogenated alkanes) is 55. The number of ether oxygens (including phenoxy) is 1. The second-order valence-corrected chi connectivity index (χ2v) is 24.9. The minimum absolute atomic E-state index is 0.0177. The molecule has 0 aromatic rings. The lowest BCUT2D eigenvalue weighted by Gasteiger charge is -2.22. The van der Waals surface area contributed by atoms with E-state index in [1.54, 1.807) is 0 Å². The molecular formula is C72H141NO5. The SMILES string of the molecule is CCCCCCCCCCCCCCCCCCCCCCCC(O)C(CO)NC(=O)CCCCCCCCCCCCC/C=C\CCCCCCCCCCCCCCOC(=O)CCCCCCCCCCCCCCC. The van der Waals surface area contributed by atoms with Gasteiger partial charge in [-0.1, -0.05) is 360 Å². The van der Waals surface area contributed by atoms with Crippen LogP contribution < -0.4 is 5.32 Å². The fraction of sp³-hybridized carbons (Fsp3) is 0.944. The highest BCUT2D eigenvalue weighted by Crippen LogP contribution is 2.19. The van der Waals surface area contributed by atoms with Crippen LogP contribution >= 0.6 is 0 Å². The smallest absolute Gasteiger partial charge is 0.305 e. The molecule has 2 atom stereocenters. The van der Waals surface area contributed by atoms with Crippen molar-refractivity contribution >= 4 is 11.9 Å². The number of carbonyl (C=O) groups excluding carboxylic acids is 2. The van der Waals surface area contributed by atoms with Crippen molar-refractivity contribution in [2.75, 3.05) is 13.2 Å². The number of esters is 1. The van der Waals surface area contributed by atoms with Crippen molar-refractivity contribution in [2.24, 2.45) is 0 Å². The second kappa shape index (κ2) is 68.1. The van der Waals surface area contributed by atoms with Gasteiger partial charge >= 0.3 is 5.97 Å². The molecule has 0 fully saturated rings. The molecule has 0 aliphatic rings. The molecule has 0 spiro atoms. The molecule has 0 saturated carbocycles. The summed E-state index contributed by atoms with van der Waals surface area (Å²) in [6, 6.07) is -0.542. The zero-order valence-corrected chi connectivity index (χ0v) is 53.2. The second-order valence-electron chi connectivity index (χ2n) is 24.9. The van der Waals surface area contributed by atoms with Crippen LogP contribution in [0.1, 0.15) is 412 Å². The Balaban J connectivity index is 3.38. The quantitative estimate of drug-likeness (QED) is 0.0320. The zero-order chi connectivity index (χ0) is 56.4. The van der Waals surface area contributed by atoms with Crippen LogP contribution in [0.2, 0.25) is 0 Å². The standard InChI is InChI=1S/C72H141NO5/c1-3-5-7-9-11-13-15-17-18-19-20-28-31-34-37-41-44-48-52-56-60-64-70(75)69(68-74)73-71(76)65-61-57-53-49-45-42-38-35-32-29-26-24-22-21-23-25-27-30-33-36-39-43-47-51-55-59-63-67-78-72(77)66-62-58-54-50-46-40-16-14-12-10-8-6-4-2/h21-22,69-70,74-75H,3-20,23-68H2,1-2H3,(H,73,76)/b22-21-. The lowest BCUT2D eigenvalue weighted by Crippen LogP contribution is -2.45. The summed E-state index contributed by atoms with van der Waals surface area (Å²) in [6.07, 6.45) is 84.1. The number of nitrogens with one attached hydrogen (secondary N) is 1. The van der Waals surface area contributed by atoms with Crippen LogP contribution in [0.4, 0.5) is 0 Å². The Morgan fingerprint density at radius 1 is 0.346 bits per heavy atom. The molecule has 0 aromatic carbocycles. The van der Waals surface area contributed by atoms with Crippen molar-refractivity contribution in [3.05, 3.63) is 12.2 Å². The highest BCUT2D eigenvalue weighted by atomic mass is 16.5. The average Bonchev–Trinajstić information content (AvgIpc) is 3.44. The number of amides is 1. The van der Waals surface area contributed by atoms with Crippen LogP contribution in [0, 0.1) is 0 Å². The molecule has 78 heavy (non-hydrogen) atoms. The third-order valence-corrected chi connectivity index (χ3v) is 17.1. The topological polar surface area (TPSA) is 95.9 Å². The van der Waals surface area contributed by atoms with Gasteiger partial charge in [-0.15, -0.1) is 0 Å². The van der Waals surface area contributed by atoms with Gasteiger partial charge in [0, 0.05) is 12.8 Å². The maximum absolute atomic E-state index is 12.5. The van der Waals surface area contributed by atoms with Crippen molar-refractivity contribution < 1.29 is 24.5 Å². The molecule has 0 saturated heterocycles.